The average Bonchev–Trinajstić information content (AvgIpc) is 2.43. The molecule has 9 nitrogen and oxygen atoms in total. The van der Waals surface area contributed by atoms with E-state index in [1.807, 2.05) is 0 Å². The summed E-state index contributed by atoms with van der Waals surface area (Å²) in [6, 6.07) is 0. The number of methoxy groups -OCH3 is 3. The molecule has 0 atom stereocenters. The maximum Gasteiger partial charge on any atom is 0.376 e. The first-order valence-corrected chi connectivity index (χ1v) is 4.54. The van der Waals surface area contributed by atoms with Crippen LogP contribution < -0.4 is 0 Å². The second kappa shape index (κ2) is 5.66. The van der Waals surface area contributed by atoms with E-state index < -0.39 is 35.4 Å². The van der Waals surface area contributed by atoms with Crippen molar-refractivity contribution >= 4 is 17.9 Å². The smallest absolute Gasteiger partial charge is 0.376 e. The quantitative estimate of drug-likeness (QED) is 0.506. The lowest BCUT2D eigenvalue weighted by molar-refractivity contribution is 0.0563. The fraction of sp³-hybridized carbons (Fsp3) is 0.333. The molecule has 0 spiro atoms. The van der Waals surface area contributed by atoms with Crippen molar-refractivity contribution in [1.82, 2.24) is 15.0 Å². The Kier molecular flexibility index (Phi) is 4.24. The lowest BCUT2D eigenvalue weighted by Crippen LogP contribution is -2.20. The molecule has 1 aromatic heterocycles. The highest BCUT2D eigenvalue weighted by atomic mass is 16.5. The molecular formula is C9H9N3O6. The zero-order valence-corrected chi connectivity index (χ0v) is 9.79. The number of carbonyl (C=O) groups excluding carboxylic acids is 3. The Balaban J connectivity index is 3.32. The van der Waals surface area contributed by atoms with Crippen LogP contribution in [0.15, 0.2) is 0 Å². The Bertz CT molecular complexity index is 417. The summed E-state index contributed by atoms with van der Waals surface area (Å²) in [6.07, 6.45) is 0. The zero-order chi connectivity index (χ0) is 13.7. The maximum absolute atomic E-state index is 11.3. The summed E-state index contributed by atoms with van der Waals surface area (Å²) in [5.74, 6) is -4.25. The van der Waals surface area contributed by atoms with E-state index >= 15 is 0 Å². The number of rotatable bonds is 3. The summed E-state index contributed by atoms with van der Waals surface area (Å²) in [4.78, 5) is 44.3. The molecule has 0 radical (unpaired) electrons. The molecule has 9 heteroatoms. The Morgan fingerprint density at radius 2 is 0.889 bits per heavy atom. The first-order chi connectivity index (χ1) is 8.53. The predicted octanol–water partition coefficient (Wildman–Crippen LogP) is -0.769. The summed E-state index contributed by atoms with van der Waals surface area (Å²) < 4.78 is 13.1. The summed E-state index contributed by atoms with van der Waals surface area (Å²) >= 11 is 0. The van der Waals surface area contributed by atoms with E-state index in [1.165, 1.54) is 0 Å². The van der Waals surface area contributed by atoms with Crippen molar-refractivity contribution in [3.63, 3.8) is 0 Å². The molecule has 0 unspecified atom stereocenters. The van der Waals surface area contributed by atoms with Gasteiger partial charge in [-0.25, -0.2) is 14.4 Å². The van der Waals surface area contributed by atoms with Crippen LogP contribution in [0.5, 0.6) is 0 Å². The van der Waals surface area contributed by atoms with Crippen molar-refractivity contribution in [3.05, 3.63) is 17.5 Å². The van der Waals surface area contributed by atoms with Gasteiger partial charge in [-0.15, -0.1) is 0 Å². The van der Waals surface area contributed by atoms with Crippen LogP contribution in [0.1, 0.15) is 31.9 Å². The standard InChI is InChI=1S/C9H9N3O6/c1-16-7(13)4-10-5(8(14)17-2)12-6(11-4)9(15)18-3/h1-3H3. The van der Waals surface area contributed by atoms with Gasteiger partial charge in [0.05, 0.1) is 21.3 Å². The maximum atomic E-state index is 11.3. The van der Waals surface area contributed by atoms with Gasteiger partial charge in [-0.05, 0) is 0 Å². The number of hydrogen-bond donors (Lipinski definition) is 0. The van der Waals surface area contributed by atoms with Crippen LogP contribution in [0.2, 0.25) is 0 Å². The number of nitrogens with zero attached hydrogens (tertiary/aromatic N) is 3. The van der Waals surface area contributed by atoms with Crippen molar-refractivity contribution in [1.29, 1.82) is 0 Å². The number of carbonyl (C=O) groups is 3. The van der Waals surface area contributed by atoms with Gasteiger partial charge < -0.3 is 14.2 Å². The van der Waals surface area contributed by atoms with Gasteiger partial charge in [0.1, 0.15) is 0 Å². The van der Waals surface area contributed by atoms with Gasteiger partial charge in [-0.2, -0.15) is 15.0 Å². The van der Waals surface area contributed by atoms with E-state index in [0.29, 0.717) is 0 Å². The Labute approximate surface area is 101 Å². The summed E-state index contributed by atoms with van der Waals surface area (Å²) in [5, 5.41) is 0. The molecule has 0 N–H and O–H groups in total. The highest BCUT2D eigenvalue weighted by Crippen LogP contribution is 2.01. The van der Waals surface area contributed by atoms with Crippen LogP contribution in [0, 0.1) is 0 Å². The third kappa shape index (κ3) is 2.75. The SMILES string of the molecule is COC(=O)c1nc(C(=O)OC)nc(C(=O)OC)n1. The minimum absolute atomic E-state index is 0.492. The topological polar surface area (TPSA) is 118 Å². The van der Waals surface area contributed by atoms with Crippen molar-refractivity contribution < 1.29 is 28.6 Å². The van der Waals surface area contributed by atoms with E-state index in [4.69, 9.17) is 0 Å². The number of ether oxygens (including phenoxy) is 3. The third-order valence-electron chi connectivity index (χ3n) is 1.74. The second-order valence-corrected chi connectivity index (χ2v) is 2.78. The predicted molar refractivity (Wildman–Crippen MR) is 53.8 cm³/mol. The Morgan fingerprint density at radius 3 is 1.06 bits per heavy atom. The monoisotopic (exact) mass is 255 g/mol. The molecule has 0 aliphatic rings. The van der Waals surface area contributed by atoms with Crippen LogP contribution >= 0.6 is 0 Å². The van der Waals surface area contributed by atoms with Gasteiger partial charge in [0.25, 0.3) is 0 Å². The molecule has 0 saturated heterocycles. The number of hydrogen-bond acceptors (Lipinski definition) is 9. The molecule has 0 amide bonds. The minimum Gasteiger partial charge on any atom is -0.463 e. The highest BCUT2D eigenvalue weighted by molar-refractivity contribution is 5.92. The van der Waals surface area contributed by atoms with Gasteiger partial charge in [-0.1, -0.05) is 0 Å². The molecule has 0 saturated carbocycles. The fourth-order valence-corrected chi connectivity index (χ4v) is 0.924. The van der Waals surface area contributed by atoms with Crippen molar-refractivity contribution in [2.75, 3.05) is 21.3 Å². The largest absolute Gasteiger partial charge is 0.463 e. The van der Waals surface area contributed by atoms with E-state index in [9.17, 15) is 14.4 Å². The minimum atomic E-state index is -0.923. The number of esters is 3. The van der Waals surface area contributed by atoms with E-state index in [1.54, 1.807) is 0 Å². The van der Waals surface area contributed by atoms with Gasteiger partial charge in [-0.3, -0.25) is 0 Å². The lowest BCUT2D eigenvalue weighted by Gasteiger charge is -2.03. The molecule has 0 aliphatic heterocycles. The summed E-state index contributed by atoms with van der Waals surface area (Å²) in [7, 11) is 3.30. The molecule has 1 heterocycles. The van der Waals surface area contributed by atoms with Gasteiger partial charge in [0.15, 0.2) is 0 Å². The van der Waals surface area contributed by atoms with E-state index in [0.717, 1.165) is 21.3 Å². The Hall–Kier alpha value is -2.58. The van der Waals surface area contributed by atoms with Crippen LogP contribution in [-0.2, 0) is 14.2 Å². The summed E-state index contributed by atoms with van der Waals surface area (Å²) in [5.41, 5.74) is 0. The Morgan fingerprint density at radius 1 is 0.667 bits per heavy atom. The van der Waals surface area contributed by atoms with Crippen molar-refractivity contribution in [2.45, 2.75) is 0 Å². The molecular weight excluding hydrogens is 246 g/mol. The molecule has 1 rings (SSSR count). The second-order valence-electron chi connectivity index (χ2n) is 2.78. The van der Waals surface area contributed by atoms with Crippen LogP contribution in [-0.4, -0.2) is 54.2 Å². The van der Waals surface area contributed by atoms with Gasteiger partial charge in [0, 0.05) is 0 Å². The lowest BCUT2D eigenvalue weighted by atomic mass is 10.5. The molecule has 18 heavy (non-hydrogen) atoms. The van der Waals surface area contributed by atoms with Crippen molar-refractivity contribution in [3.8, 4) is 0 Å². The van der Waals surface area contributed by atoms with E-state index in [2.05, 4.69) is 29.2 Å². The molecule has 0 aliphatic carbocycles. The molecule has 0 aromatic carbocycles. The first kappa shape index (κ1) is 13.5. The molecule has 0 fully saturated rings. The van der Waals surface area contributed by atoms with Gasteiger partial charge in [0.2, 0.25) is 17.5 Å². The van der Waals surface area contributed by atoms with Crippen LogP contribution in [0.25, 0.3) is 0 Å². The van der Waals surface area contributed by atoms with Gasteiger partial charge >= 0.3 is 17.9 Å². The number of aromatic nitrogens is 3. The van der Waals surface area contributed by atoms with Crippen LogP contribution in [0.4, 0.5) is 0 Å². The summed E-state index contributed by atoms with van der Waals surface area (Å²) in [6.45, 7) is 0. The zero-order valence-electron chi connectivity index (χ0n) is 9.79. The van der Waals surface area contributed by atoms with Crippen LogP contribution in [0.3, 0.4) is 0 Å². The van der Waals surface area contributed by atoms with E-state index in [-0.39, 0.29) is 0 Å². The third-order valence-corrected chi connectivity index (χ3v) is 1.74. The molecule has 0 bridgehead atoms. The highest BCUT2D eigenvalue weighted by Gasteiger charge is 2.22. The van der Waals surface area contributed by atoms with Crippen molar-refractivity contribution in [2.24, 2.45) is 0 Å². The average molecular weight is 255 g/mol. The normalized spacial score (nSPS) is 9.50. The fourth-order valence-electron chi connectivity index (χ4n) is 0.924. The molecule has 96 valence electrons. The first-order valence-electron chi connectivity index (χ1n) is 4.54. The molecule has 1 aromatic rings.